The number of hydrogen-bond acceptors (Lipinski definition) is 3. The first-order valence-electron chi connectivity index (χ1n) is 7.79. The Hall–Kier alpha value is -2.11. The molecule has 1 aliphatic heterocycles. The van der Waals surface area contributed by atoms with Crippen LogP contribution in [0.25, 0.3) is 0 Å². The lowest BCUT2D eigenvalue weighted by Gasteiger charge is -2.24. The molecule has 0 aliphatic carbocycles. The number of anilines is 1. The molecule has 0 aromatic heterocycles. The molecular weight excluding hydrogens is 331 g/mol. The Morgan fingerprint density at radius 2 is 2.08 bits per heavy atom. The van der Waals surface area contributed by atoms with E-state index < -0.39 is 11.9 Å². The highest BCUT2D eigenvalue weighted by Gasteiger charge is 2.26. The van der Waals surface area contributed by atoms with Gasteiger partial charge in [0.25, 0.3) is 0 Å². The van der Waals surface area contributed by atoms with Crippen molar-refractivity contribution in [3.8, 4) is 5.75 Å². The topological polar surface area (TPSA) is 55.6 Å². The number of carbonyl (C=O) groups is 1. The van der Waals surface area contributed by atoms with Gasteiger partial charge in [-0.3, -0.25) is 4.79 Å². The van der Waals surface area contributed by atoms with Crippen LogP contribution in [-0.2, 0) is 4.79 Å². The molecule has 2 N–H and O–H groups in total. The van der Waals surface area contributed by atoms with Crippen molar-refractivity contribution in [3.63, 3.8) is 0 Å². The number of ether oxygens (including phenoxy) is 1. The Labute approximate surface area is 145 Å². The van der Waals surface area contributed by atoms with Gasteiger partial charge in [0.05, 0.1) is 12.3 Å². The molecule has 24 heavy (non-hydrogen) atoms. The number of nitrogens with two attached hydrogens (primary N) is 1. The lowest BCUT2D eigenvalue weighted by atomic mass is 10.0. The fraction of sp³-hybridized carbons (Fsp3) is 0.278. The number of benzene rings is 2. The Bertz CT molecular complexity index is 754. The number of para-hydroxylation sites is 1. The molecule has 2 aromatic carbocycles. The molecule has 0 saturated heterocycles. The largest absolute Gasteiger partial charge is 0.488 e. The maximum atomic E-state index is 14.0. The zero-order valence-corrected chi connectivity index (χ0v) is 13.8. The van der Waals surface area contributed by atoms with Crippen molar-refractivity contribution < 1.29 is 13.9 Å². The molecule has 0 bridgehead atoms. The van der Waals surface area contributed by atoms with Crippen molar-refractivity contribution in [2.75, 3.05) is 18.1 Å². The Kier molecular flexibility index (Phi) is 5.02. The first-order chi connectivity index (χ1) is 11.6. The van der Waals surface area contributed by atoms with Gasteiger partial charge in [0.2, 0.25) is 5.91 Å². The third kappa shape index (κ3) is 3.37. The summed E-state index contributed by atoms with van der Waals surface area (Å²) in [6, 6.07) is 11.2. The summed E-state index contributed by atoms with van der Waals surface area (Å²) >= 11 is 6.14. The standard InChI is InChI=1S/C18H18ClFN2O2/c19-13-6-2-1-5-12(13)15(21)11-17(23)22-9-4-10-24-18-14(20)7-3-8-16(18)22/h1-3,5-8,15H,4,9-11,21H2. The molecule has 0 saturated carbocycles. The number of amides is 1. The fourth-order valence-corrected chi connectivity index (χ4v) is 3.09. The summed E-state index contributed by atoms with van der Waals surface area (Å²) in [5, 5.41) is 0.531. The zero-order valence-electron chi connectivity index (χ0n) is 13.0. The third-order valence-electron chi connectivity index (χ3n) is 4.01. The SMILES string of the molecule is NC(CC(=O)N1CCCOc2c(F)cccc21)c1ccccc1Cl. The molecule has 6 heteroatoms. The molecule has 1 heterocycles. The molecule has 1 atom stereocenters. The van der Waals surface area contributed by atoms with Crippen LogP contribution in [0.4, 0.5) is 10.1 Å². The van der Waals surface area contributed by atoms with Crippen LogP contribution in [-0.4, -0.2) is 19.1 Å². The monoisotopic (exact) mass is 348 g/mol. The van der Waals surface area contributed by atoms with Gasteiger partial charge in [0.15, 0.2) is 11.6 Å². The lowest BCUT2D eigenvalue weighted by molar-refractivity contribution is -0.119. The number of carbonyl (C=O) groups excluding carboxylic acids is 1. The number of halogens is 2. The van der Waals surface area contributed by atoms with Crippen LogP contribution in [0.1, 0.15) is 24.4 Å². The quantitative estimate of drug-likeness (QED) is 0.920. The Balaban J connectivity index is 1.83. The number of hydrogen-bond donors (Lipinski definition) is 1. The fourth-order valence-electron chi connectivity index (χ4n) is 2.81. The Morgan fingerprint density at radius 1 is 1.29 bits per heavy atom. The third-order valence-corrected chi connectivity index (χ3v) is 4.35. The van der Waals surface area contributed by atoms with Crippen molar-refractivity contribution in [2.45, 2.75) is 18.9 Å². The molecule has 126 valence electrons. The van der Waals surface area contributed by atoms with Gasteiger partial charge in [-0.1, -0.05) is 35.9 Å². The summed E-state index contributed by atoms with van der Waals surface area (Å²) in [5.41, 5.74) is 7.32. The van der Waals surface area contributed by atoms with Crippen LogP contribution < -0.4 is 15.4 Å². The Morgan fingerprint density at radius 3 is 2.88 bits per heavy atom. The summed E-state index contributed by atoms with van der Waals surface area (Å²) < 4.78 is 19.4. The maximum Gasteiger partial charge on any atom is 0.229 e. The van der Waals surface area contributed by atoms with Gasteiger partial charge >= 0.3 is 0 Å². The first kappa shape index (κ1) is 16.7. The van der Waals surface area contributed by atoms with E-state index in [1.165, 1.54) is 6.07 Å². The zero-order chi connectivity index (χ0) is 17.1. The van der Waals surface area contributed by atoms with E-state index >= 15 is 0 Å². The van der Waals surface area contributed by atoms with E-state index in [1.807, 2.05) is 12.1 Å². The molecule has 3 rings (SSSR count). The van der Waals surface area contributed by atoms with Crippen LogP contribution in [0.3, 0.4) is 0 Å². The highest BCUT2D eigenvalue weighted by Crippen LogP contribution is 2.34. The lowest BCUT2D eigenvalue weighted by Crippen LogP contribution is -2.34. The summed E-state index contributed by atoms with van der Waals surface area (Å²) in [5.74, 6) is -0.531. The minimum atomic E-state index is -0.521. The minimum Gasteiger partial charge on any atom is -0.488 e. The molecule has 1 amide bonds. The highest BCUT2D eigenvalue weighted by atomic mass is 35.5. The maximum absolute atomic E-state index is 14.0. The van der Waals surface area contributed by atoms with Gasteiger partial charge < -0.3 is 15.4 Å². The van der Waals surface area contributed by atoms with E-state index in [9.17, 15) is 9.18 Å². The van der Waals surface area contributed by atoms with Gasteiger partial charge in [-0.05, 0) is 30.2 Å². The summed E-state index contributed by atoms with van der Waals surface area (Å²) in [6.07, 6.45) is 0.709. The van der Waals surface area contributed by atoms with Gasteiger partial charge in [-0.2, -0.15) is 0 Å². The van der Waals surface area contributed by atoms with Crippen molar-refractivity contribution in [1.82, 2.24) is 0 Å². The molecule has 0 fully saturated rings. The number of nitrogens with zero attached hydrogens (tertiary/aromatic N) is 1. The van der Waals surface area contributed by atoms with E-state index in [0.717, 1.165) is 5.56 Å². The molecule has 2 aromatic rings. The average molecular weight is 349 g/mol. The second kappa shape index (κ2) is 7.20. The highest BCUT2D eigenvalue weighted by molar-refractivity contribution is 6.31. The van der Waals surface area contributed by atoms with Crippen LogP contribution in [0, 0.1) is 5.82 Å². The van der Waals surface area contributed by atoms with Gasteiger partial charge in [-0.15, -0.1) is 0 Å². The molecule has 1 aliphatic rings. The number of fused-ring (bicyclic) bond motifs is 1. The molecule has 4 nitrogen and oxygen atoms in total. The van der Waals surface area contributed by atoms with Gasteiger partial charge in [0.1, 0.15) is 0 Å². The van der Waals surface area contributed by atoms with Crippen molar-refractivity contribution >= 4 is 23.2 Å². The smallest absolute Gasteiger partial charge is 0.229 e. The minimum absolute atomic E-state index is 0.0830. The van der Waals surface area contributed by atoms with Crippen LogP contribution in [0.15, 0.2) is 42.5 Å². The van der Waals surface area contributed by atoms with Crippen LogP contribution in [0.2, 0.25) is 5.02 Å². The van der Waals surface area contributed by atoms with E-state index in [0.29, 0.717) is 30.3 Å². The second-order valence-corrected chi connectivity index (χ2v) is 6.07. The van der Waals surface area contributed by atoms with Crippen LogP contribution in [0.5, 0.6) is 5.75 Å². The summed E-state index contributed by atoms with van der Waals surface area (Å²) in [6.45, 7) is 0.832. The predicted octanol–water partition coefficient (Wildman–Crippen LogP) is 3.68. The van der Waals surface area contributed by atoms with E-state index in [1.54, 1.807) is 29.2 Å². The van der Waals surface area contributed by atoms with Crippen LogP contribution >= 0.6 is 11.6 Å². The van der Waals surface area contributed by atoms with Gasteiger partial charge in [-0.25, -0.2) is 4.39 Å². The van der Waals surface area contributed by atoms with E-state index in [4.69, 9.17) is 22.1 Å². The second-order valence-electron chi connectivity index (χ2n) is 5.67. The number of rotatable bonds is 3. The molecule has 1 unspecified atom stereocenters. The van der Waals surface area contributed by atoms with Crippen molar-refractivity contribution in [3.05, 3.63) is 58.9 Å². The molecule has 0 spiro atoms. The first-order valence-corrected chi connectivity index (χ1v) is 8.17. The average Bonchev–Trinajstić information content (AvgIpc) is 2.78. The predicted molar refractivity (Wildman–Crippen MR) is 91.9 cm³/mol. The van der Waals surface area contributed by atoms with E-state index in [2.05, 4.69) is 0 Å². The normalized spacial score (nSPS) is 15.2. The molecule has 0 radical (unpaired) electrons. The molecular formula is C18H18ClFN2O2. The van der Waals surface area contributed by atoms with Crippen molar-refractivity contribution in [1.29, 1.82) is 0 Å². The van der Waals surface area contributed by atoms with Gasteiger partial charge in [0, 0.05) is 24.0 Å². The summed E-state index contributed by atoms with van der Waals surface area (Å²) in [7, 11) is 0. The summed E-state index contributed by atoms with van der Waals surface area (Å²) in [4.78, 5) is 14.3. The van der Waals surface area contributed by atoms with E-state index in [-0.39, 0.29) is 18.1 Å². The van der Waals surface area contributed by atoms with Crippen molar-refractivity contribution in [2.24, 2.45) is 5.73 Å².